The van der Waals surface area contributed by atoms with Gasteiger partial charge in [0.15, 0.2) is 0 Å². The zero-order valence-electron chi connectivity index (χ0n) is 11.2. The molecule has 0 aromatic heterocycles. The molecule has 1 aliphatic heterocycles. The van der Waals surface area contributed by atoms with Gasteiger partial charge in [-0.05, 0) is 38.3 Å². The van der Waals surface area contributed by atoms with Crippen LogP contribution >= 0.6 is 0 Å². The highest BCUT2D eigenvalue weighted by molar-refractivity contribution is 5.95. The molecule has 0 radical (unpaired) electrons. The molecular formula is C13H17N3O4. The monoisotopic (exact) mass is 279 g/mol. The number of nitrogens with one attached hydrogen (secondary N) is 1. The fraction of sp³-hybridized carbons (Fsp3) is 0.462. The smallest absolute Gasteiger partial charge is 0.293 e. The van der Waals surface area contributed by atoms with Gasteiger partial charge in [-0.2, -0.15) is 0 Å². The van der Waals surface area contributed by atoms with Gasteiger partial charge in [0.05, 0.1) is 4.92 Å². The molecule has 1 aliphatic rings. The molecule has 108 valence electrons. The van der Waals surface area contributed by atoms with E-state index in [1.54, 1.807) is 6.07 Å². The summed E-state index contributed by atoms with van der Waals surface area (Å²) in [6.45, 7) is 2.81. The number of nitrogens with zero attached hydrogens (tertiary/aromatic N) is 2. The van der Waals surface area contributed by atoms with Crippen molar-refractivity contribution in [2.45, 2.75) is 32.2 Å². The number of nitro groups is 1. The molecule has 0 spiro atoms. The molecular weight excluding hydrogens is 262 g/mol. The van der Waals surface area contributed by atoms with Crippen LogP contribution in [0.15, 0.2) is 18.2 Å². The Labute approximate surface area is 116 Å². The number of piperidine rings is 1. The number of carbonyl (C=O) groups is 1. The van der Waals surface area contributed by atoms with E-state index >= 15 is 0 Å². The van der Waals surface area contributed by atoms with Crippen LogP contribution in [0.1, 0.15) is 36.5 Å². The molecule has 1 atom stereocenters. The highest BCUT2D eigenvalue weighted by Gasteiger charge is 2.26. The van der Waals surface area contributed by atoms with Crippen molar-refractivity contribution in [2.75, 3.05) is 11.4 Å². The van der Waals surface area contributed by atoms with E-state index in [-0.39, 0.29) is 17.3 Å². The lowest BCUT2D eigenvalue weighted by molar-refractivity contribution is -0.384. The first-order chi connectivity index (χ1) is 9.54. The molecule has 0 unspecified atom stereocenters. The van der Waals surface area contributed by atoms with Gasteiger partial charge in [-0.15, -0.1) is 0 Å². The molecule has 0 saturated carbocycles. The first kappa shape index (κ1) is 14.3. The highest BCUT2D eigenvalue weighted by Crippen LogP contribution is 2.33. The quantitative estimate of drug-likeness (QED) is 0.502. The molecule has 7 heteroatoms. The molecule has 2 rings (SSSR count). The van der Waals surface area contributed by atoms with Gasteiger partial charge >= 0.3 is 0 Å². The molecule has 0 bridgehead atoms. The third kappa shape index (κ3) is 2.72. The zero-order valence-corrected chi connectivity index (χ0v) is 11.2. The second-order valence-corrected chi connectivity index (χ2v) is 4.94. The van der Waals surface area contributed by atoms with E-state index in [2.05, 4.69) is 0 Å². The van der Waals surface area contributed by atoms with Crippen molar-refractivity contribution in [3.8, 4) is 0 Å². The molecule has 1 heterocycles. The second-order valence-electron chi connectivity index (χ2n) is 4.94. The van der Waals surface area contributed by atoms with E-state index in [1.165, 1.54) is 17.6 Å². The van der Waals surface area contributed by atoms with Gasteiger partial charge in [-0.3, -0.25) is 20.1 Å². The molecule has 7 nitrogen and oxygen atoms in total. The number of anilines is 1. The SMILES string of the molecule is C[C@@H]1CCCCN1c1ccc(C(=O)NO)cc1[N+](=O)[O-]. The van der Waals surface area contributed by atoms with E-state index in [1.807, 2.05) is 11.8 Å². The molecule has 2 N–H and O–H groups in total. The van der Waals surface area contributed by atoms with Crippen LogP contribution in [-0.2, 0) is 0 Å². The van der Waals surface area contributed by atoms with Gasteiger partial charge in [0.1, 0.15) is 5.69 Å². The first-order valence-electron chi connectivity index (χ1n) is 6.54. The molecule has 1 fully saturated rings. The van der Waals surface area contributed by atoms with Crippen molar-refractivity contribution in [2.24, 2.45) is 0 Å². The summed E-state index contributed by atoms with van der Waals surface area (Å²) in [7, 11) is 0. The van der Waals surface area contributed by atoms with Gasteiger partial charge in [-0.25, -0.2) is 5.48 Å². The minimum atomic E-state index is -0.758. The fourth-order valence-electron chi connectivity index (χ4n) is 2.57. The molecule has 1 amide bonds. The second kappa shape index (κ2) is 5.87. The Hall–Kier alpha value is -2.15. The number of hydrogen-bond donors (Lipinski definition) is 2. The first-order valence-corrected chi connectivity index (χ1v) is 6.54. The zero-order chi connectivity index (χ0) is 14.7. The van der Waals surface area contributed by atoms with Crippen molar-refractivity contribution >= 4 is 17.3 Å². The van der Waals surface area contributed by atoms with Crippen molar-refractivity contribution in [3.05, 3.63) is 33.9 Å². The number of nitro benzene ring substituents is 1. The Morgan fingerprint density at radius 3 is 2.85 bits per heavy atom. The largest absolute Gasteiger partial charge is 0.363 e. The van der Waals surface area contributed by atoms with Gasteiger partial charge in [-0.1, -0.05) is 0 Å². The summed E-state index contributed by atoms with van der Waals surface area (Å²) < 4.78 is 0. The lowest BCUT2D eigenvalue weighted by Crippen LogP contribution is -2.37. The Kier molecular flexibility index (Phi) is 4.19. The summed E-state index contributed by atoms with van der Waals surface area (Å²) in [6, 6.07) is 4.49. The minimum Gasteiger partial charge on any atom is -0.363 e. The fourth-order valence-corrected chi connectivity index (χ4v) is 2.57. The van der Waals surface area contributed by atoms with Gasteiger partial charge in [0.25, 0.3) is 11.6 Å². The summed E-state index contributed by atoms with van der Waals surface area (Å²) in [4.78, 5) is 24.1. The van der Waals surface area contributed by atoms with Crippen LogP contribution in [0.25, 0.3) is 0 Å². The van der Waals surface area contributed by atoms with E-state index < -0.39 is 10.8 Å². The van der Waals surface area contributed by atoms with Crippen LogP contribution in [0.4, 0.5) is 11.4 Å². The van der Waals surface area contributed by atoms with E-state index in [4.69, 9.17) is 5.21 Å². The third-order valence-corrected chi connectivity index (χ3v) is 3.65. The van der Waals surface area contributed by atoms with Gasteiger partial charge < -0.3 is 4.90 Å². The topological polar surface area (TPSA) is 95.7 Å². The Balaban J connectivity index is 2.42. The maximum absolute atomic E-state index is 11.3. The predicted molar refractivity (Wildman–Crippen MR) is 73.0 cm³/mol. The van der Waals surface area contributed by atoms with Crippen LogP contribution in [0, 0.1) is 10.1 Å². The highest BCUT2D eigenvalue weighted by atomic mass is 16.6. The molecule has 0 aliphatic carbocycles. The molecule has 1 aromatic carbocycles. The lowest BCUT2D eigenvalue weighted by atomic mass is 10.0. The van der Waals surface area contributed by atoms with E-state index in [0.29, 0.717) is 5.69 Å². The number of hydrogen-bond acceptors (Lipinski definition) is 5. The molecule has 20 heavy (non-hydrogen) atoms. The third-order valence-electron chi connectivity index (χ3n) is 3.65. The molecule has 1 aromatic rings. The Morgan fingerprint density at radius 1 is 1.50 bits per heavy atom. The van der Waals surface area contributed by atoms with Crippen LogP contribution in [0.2, 0.25) is 0 Å². The average Bonchev–Trinajstić information content (AvgIpc) is 2.46. The van der Waals surface area contributed by atoms with Crippen LogP contribution < -0.4 is 10.4 Å². The van der Waals surface area contributed by atoms with Crippen molar-refractivity contribution in [1.82, 2.24) is 5.48 Å². The summed E-state index contributed by atoms with van der Waals surface area (Å²) in [5, 5.41) is 19.8. The Bertz CT molecular complexity index is 532. The average molecular weight is 279 g/mol. The van der Waals surface area contributed by atoms with E-state index in [9.17, 15) is 14.9 Å². The van der Waals surface area contributed by atoms with Crippen LogP contribution in [0.3, 0.4) is 0 Å². The van der Waals surface area contributed by atoms with Gasteiger partial charge in [0, 0.05) is 24.2 Å². The number of hydroxylamine groups is 1. The molecule has 1 saturated heterocycles. The minimum absolute atomic E-state index is 0.0626. The number of rotatable bonds is 3. The summed E-state index contributed by atoms with van der Waals surface area (Å²) in [5.74, 6) is -0.758. The number of amides is 1. The van der Waals surface area contributed by atoms with Crippen molar-refractivity contribution < 1.29 is 14.9 Å². The predicted octanol–water partition coefficient (Wildman–Crippen LogP) is 2.09. The normalized spacial score (nSPS) is 18.7. The Morgan fingerprint density at radius 2 is 2.25 bits per heavy atom. The number of carbonyl (C=O) groups excluding carboxylic acids is 1. The number of benzene rings is 1. The van der Waals surface area contributed by atoms with Crippen molar-refractivity contribution in [1.29, 1.82) is 0 Å². The summed E-state index contributed by atoms with van der Waals surface area (Å²) in [6.07, 6.45) is 3.12. The maximum Gasteiger partial charge on any atom is 0.293 e. The lowest BCUT2D eigenvalue weighted by Gasteiger charge is -2.35. The van der Waals surface area contributed by atoms with E-state index in [0.717, 1.165) is 25.8 Å². The maximum atomic E-state index is 11.3. The standard InChI is InChI=1S/C13H17N3O4/c1-9-4-2-3-7-15(9)11-6-5-10(13(17)14-18)8-12(11)16(19)20/h5-6,8-9,18H,2-4,7H2,1H3,(H,14,17)/t9-/m1/s1. The van der Waals surface area contributed by atoms with Gasteiger partial charge in [0.2, 0.25) is 0 Å². The summed E-state index contributed by atoms with van der Waals surface area (Å²) in [5.41, 5.74) is 1.96. The summed E-state index contributed by atoms with van der Waals surface area (Å²) >= 11 is 0. The van der Waals surface area contributed by atoms with Crippen molar-refractivity contribution in [3.63, 3.8) is 0 Å². The van der Waals surface area contributed by atoms with Crippen LogP contribution in [-0.4, -0.2) is 28.6 Å². The van der Waals surface area contributed by atoms with Crippen LogP contribution in [0.5, 0.6) is 0 Å².